The van der Waals surface area contributed by atoms with E-state index in [-0.39, 0.29) is 43.8 Å². The Hall–Kier alpha value is -4.21. The number of nitrogens with one attached hydrogen (secondary N) is 2. The van der Waals surface area contributed by atoms with Crippen LogP contribution in [0.4, 0.5) is 0 Å². The predicted molar refractivity (Wildman–Crippen MR) is 132 cm³/mol. The lowest BCUT2D eigenvalue weighted by Crippen LogP contribution is -2.39. The quantitative estimate of drug-likeness (QED) is 0.564. The molecule has 0 fully saturated rings. The summed E-state index contributed by atoms with van der Waals surface area (Å²) < 4.78 is 10.8. The van der Waals surface area contributed by atoms with E-state index in [9.17, 15) is 14.4 Å². The third-order valence-corrected chi connectivity index (χ3v) is 5.74. The van der Waals surface area contributed by atoms with Crippen molar-refractivity contribution in [2.45, 2.75) is 26.7 Å². The molecule has 2 N–H and O–H groups in total. The standard InChI is InChI=1S/C26H29N5O5/c1-17-8-9-22-21(15-17)25(33)28-10-13-31(12-4-7-23(32)27-11-14-35-22)26(34)20-6-3-5-19(16-20)24-29-18(2)36-30-24/h3,5-6,8-9,15-16H,4,7,10-14H2,1-2H3,(H,27,32)(H,28,33). The Kier molecular flexibility index (Phi) is 7.94. The Bertz CT molecular complexity index is 1260. The van der Waals surface area contributed by atoms with Crippen molar-refractivity contribution in [1.82, 2.24) is 25.7 Å². The van der Waals surface area contributed by atoms with Gasteiger partial charge in [0.15, 0.2) is 0 Å². The second-order valence-electron chi connectivity index (χ2n) is 8.57. The molecule has 1 aromatic heterocycles. The summed E-state index contributed by atoms with van der Waals surface area (Å²) in [5.74, 6) is 0.672. The van der Waals surface area contributed by atoms with Gasteiger partial charge in [0.05, 0.1) is 12.1 Å². The van der Waals surface area contributed by atoms with Crippen LogP contribution in [0.15, 0.2) is 47.0 Å². The van der Waals surface area contributed by atoms with Crippen LogP contribution in [0.2, 0.25) is 0 Å². The van der Waals surface area contributed by atoms with Crippen LogP contribution in [0.5, 0.6) is 5.75 Å². The minimum absolute atomic E-state index is 0.117. The minimum Gasteiger partial charge on any atom is -0.491 e. The van der Waals surface area contributed by atoms with Gasteiger partial charge in [-0.05, 0) is 37.6 Å². The van der Waals surface area contributed by atoms with E-state index in [1.54, 1.807) is 48.2 Å². The van der Waals surface area contributed by atoms with Crippen molar-refractivity contribution < 1.29 is 23.6 Å². The van der Waals surface area contributed by atoms with Crippen LogP contribution in [0, 0.1) is 13.8 Å². The number of hydrogen-bond acceptors (Lipinski definition) is 7. The summed E-state index contributed by atoms with van der Waals surface area (Å²) in [4.78, 5) is 44.4. The van der Waals surface area contributed by atoms with E-state index in [1.165, 1.54) is 0 Å². The SMILES string of the molecule is Cc1ccc2c(c1)C(=O)NCCN(C(=O)c1cccc(-c3noc(C)n3)c1)CCCC(=O)NCCO2. The average molecular weight is 492 g/mol. The van der Waals surface area contributed by atoms with Crippen LogP contribution < -0.4 is 15.4 Å². The molecule has 1 aliphatic rings. The molecule has 10 nitrogen and oxygen atoms in total. The van der Waals surface area contributed by atoms with E-state index < -0.39 is 0 Å². The van der Waals surface area contributed by atoms with E-state index in [0.717, 1.165) is 5.56 Å². The molecule has 10 heteroatoms. The summed E-state index contributed by atoms with van der Waals surface area (Å²) in [5.41, 5.74) is 2.46. The second kappa shape index (κ2) is 11.5. The van der Waals surface area contributed by atoms with Crippen molar-refractivity contribution in [3.05, 3.63) is 65.0 Å². The van der Waals surface area contributed by atoms with Gasteiger partial charge in [-0.2, -0.15) is 4.98 Å². The largest absolute Gasteiger partial charge is 0.491 e. The lowest BCUT2D eigenvalue weighted by atomic mass is 10.1. The number of ether oxygens (including phenoxy) is 1. The van der Waals surface area contributed by atoms with Gasteiger partial charge in [-0.15, -0.1) is 0 Å². The van der Waals surface area contributed by atoms with Gasteiger partial charge in [0.2, 0.25) is 17.6 Å². The number of hydrogen-bond donors (Lipinski definition) is 2. The fourth-order valence-electron chi connectivity index (χ4n) is 3.92. The first-order valence-corrected chi connectivity index (χ1v) is 11.9. The lowest BCUT2D eigenvalue weighted by molar-refractivity contribution is -0.121. The molecule has 188 valence electrons. The summed E-state index contributed by atoms with van der Waals surface area (Å²) >= 11 is 0. The lowest BCUT2D eigenvalue weighted by Gasteiger charge is -2.23. The Labute approximate surface area is 209 Å². The topological polar surface area (TPSA) is 127 Å². The number of rotatable bonds is 2. The van der Waals surface area contributed by atoms with Gasteiger partial charge in [0.1, 0.15) is 12.4 Å². The zero-order chi connectivity index (χ0) is 25.5. The van der Waals surface area contributed by atoms with Crippen molar-refractivity contribution in [2.75, 3.05) is 32.8 Å². The van der Waals surface area contributed by atoms with Crippen LogP contribution in [0.1, 0.15) is 45.0 Å². The number of aromatic nitrogens is 2. The van der Waals surface area contributed by atoms with Gasteiger partial charge < -0.3 is 24.8 Å². The number of fused-ring (bicyclic) bond motifs is 1. The van der Waals surface area contributed by atoms with Crippen LogP contribution in [-0.2, 0) is 4.79 Å². The second-order valence-corrected chi connectivity index (χ2v) is 8.57. The smallest absolute Gasteiger partial charge is 0.255 e. The fraction of sp³-hybridized carbons (Fsp3) is 0.346. The minimum atomic E-state index is -0.283. The highest BCUT2D eigenvalue weighted by atomic mass is 16.5. The number of carbonyl (C=O) groups is 3. The molecule has 1 aliphatic heterocycles. The van der Waals surface area contributed by atoms with Gasteiger partial charge in [0.25, 0.3) is 11.8 Å². The molecule has 0 spiro atoms. The summed E-state index contributed by atoms with van der Waals surface area (Å²) in [6.45, 7) is 5.04. The van der Waals surface area contributed by atoms with Gasteiger partial charge in [0, 0.05) is 44.1 Å². The molecule has 0 aliphatic carbocycles. The van der Waals surface area contributed by atoms with E-state index in [2.05, 4.69) is 20.8 Å². The fourth-order valence-corrected chi connectivity index (χ4v) is 3.92. The molecular formula is C26H29N5O5. The Balaban J connectivity index is 1.53. The van der Waals surface area contributed by atoms with Crippen molar-refractivity contribution in [2.24, 2.45) is 0 Å². The van der Waals surface area contributed by atoms with E-state index in [1.807, 2.05) is 13.0 Å². The maximum atomic E-state index is 13.4. The van der Waals surface area contributed by atoms with Crippen LogP contribution in [0.25, 0.3) is 11.4 Å². The number of benzene rings is 2. The number of nitrogens with zero attached hydrogens (tertiary/aromatic N) is 3. The first-order chi connectivity index (χ1) is 17.4. The molecule has 0 radical (unpaired) electrons. The number of amides is 3. The monoisotopic (exact) mass is 491 g/mol. The molecule has 0 bridgehead atoms. The molecule has 2 aromatic carbocycles. The van der Waals surface area contributed by atoms with E-state index >= 15 is 0 Å². The number of carbonyl (C=O) groups excluding carboxylic acids is 3. The molecular weight excluding hydrogens is 462 g/mol. The third kappa shape index (κ3) is 6.26. The van der Waals surface area contributed by atoms with Crippen LogP contribution in [0.3, 0.4) is 0 Å². The van der Waals surface area contributed by atoms with Crippen molar-refractivity contribution >= 4 is 17.7 Å². The first-order valence-electron chi connectivity index (χ1n) is 11.9. The molecule has 0 atom stereocenters. The summed E-state index contributed by atoms with van der Waals surface area (Å²) in [6, 6.07) is 12.4. The van der Waals surface area contributed by atoms with Crippen molar-refractivity contribution in [3.8, 4) is 17.1 Å². The van der Waals surface area contributed by atoms with E-state index in [0.29, 0.717) is 53.7 Å². The average Bonchev–Trinajstić information content (AvgIpc) is 3.31. The Morgan fingerprint density at radius 2 is 1.89 bits per heavy atom. The Morgan fingerprint density at radius 3 is 2.69 bits per heavy atom. The third-order valence-electron chi connectivity index (χ3n) is 5.74. The maximum absolute atomic E-state index is 13.4. The van der Waals surface area contributed by atoms with Gasteiger partial charge in [-0.3, -0.25) is 14.4 Å². The molecule has 3 aromatic rings. The molecule has 0 saturated heterocycles. The maximum Gasteiger partial charge on any atom is 0.255 e. The first kappa shape index (κ1) is 24.9. The van der Waals surface area contributed by atoms with Crippen molar-refractivity contribution in [1.29, 1.82) is 0 Å². The molecule has 4 rings (SSSR count). The summed E-state index contributed by atoms with van der Waals surface area (Å²) in [6.07, 6.45) is 0.754. The van der Waals surface area contributed by atoms with Crippen LogP contribution >= 0.6 is 0 Å². The summed E-state index contributed by atoms with van der Waals surface area (Å²) in [7, 11) is 0. The highest BCUT2D eigenvalue weighted by Crippen LogP contribution is 2.21. The summed E-state index contributed by atoms with van der Waals surface area (Å²) in [5, 5.41) is 9.63. The molecule has 36 heavy (non-hydrogen) atoms. The zero-order valence-electron chi connectivity index (χ0n) is 20.4. The van der Waals surface area contributed by atoms with E-state index in [4.69, 9.17) is 9.26 Å². The van der Waals surface area contributed by atoms with Gasteiger partial charge in [-0.1, -0.05) is 28.9 Å². The normalized spacial score (nSPS) is 15.6. The van der Waals surface area contributed by atoms with Crippen molar-refractivity contribution in [3.63, 3.8) is 0 Å². The zero-order valence-corrected chi connectivity index (χ0v) is 20.4. The predicted octanol–water partition coefficient (Wildman–Crippen LogP) is 2.51. The molecule has 0 unspecified atom stereocenters. The Morgan fingerprint density at radius 1 is 1.03 bits per heavy atom. The van der Waals surface area contributed by atoms with Gasteiger partial charge in [-0.25, -0.2) is 0 Å². The molecule has 2 heterocycles. The molecule has 0 saturated carbocycles. The van der Waals surface area contributed by atoms with Gasteiger partial charge >= 0.3 is 0 Å². The van der Waals surface area contributed by atoms with Crippen LogP contribution in [-0.4, -0.2) is 65.5 Å². The highest BCUT2D eigenvalue weighted by Gasteiger charge is 2.19. The highest BCUT2D eigenvalue weighted by molar-refractivity contribution is 5.97. The molecule has 3 amide bonds. The number of aryl methyl sites for hydroxylation is 2.